The maximum atomic E-state index is 10.4. The average molecular weight is 338 g/mol. The van der Waals surface area contributed by atoms with Gasteiger partial charge in [-0.2, -0.15) is 0 Å². The molecule has 0 aromatic heterocycles. The van der Waals surface area contributed by atoms with Gasteiger partial charge < -0.3 is 15.3 Å². The third kappa shape index (κ3) is 17.0. The Morgan fingerprint density at radius 2 is 1.29 bits per heavy atom. The molecular weight excluding hydrogens is 304 g/mol. The van der Waals surface area contributed by atoms with Gasteiger partial charge in [-0.3, -0.25) is 4.79 Å². The molecular formula is C20H34O4. The third-order valence-corrected chi connectivity index (χ3v) is 3.74. The van der Waals surface area contributed by atoms with Crippen molar-refractivity contribution in [3.05, 3.63) is 36.5 Å². The van der Waals surface area contributed by atoms with Crippen LogP contribution < -0.4 is 0 Å². The minimum atomic E-state index is -0.743. The molecule has 138 valence electrons. The normalized spacial score (nSPS) is 14.8. The number of unbranched alkanes of at least 4 members (excludes halogenated alkanes) is 5. The summed E-state index contributed by atoms with van der Waals surface area (Å²) in [5.41, 5.74) is 0. The molecule has 2 atom stereocenters. The molecule has 0 saturated carbocycles. The zero-order valence-electron chi connectivity index (χ0n) is 14.9. The maximum Gasteiger partial charge on any atom is 0.303 e. The fourth-order valence-electron chi connectivity index (χ4n) is 2.29. The highest BCUT2D eigenvalue weighted by molar-refractivity contribution is 5.66. The standard InChI is InChI=1S/C20H34O4/c1-2-3-8-13-18(21)14-9-4-5-10-15-19(22)16-11-6-7-12-17-20(23)24/h4-5,9-10,14-15,18-19,21-22H,2-3,6-8,11-13,16-17H2,1H3,(H,23,24)/b5-4-,14-9+,15-10+/t18-,19+/m0/s1. The number of aliphatic hydroxyl groups excluding tert-OH is 2. The van der Waals surface area contributed by atoms with Crippen molar-refractivity contribution in [3.8, 4) is 0 Å². The van der Waals surface area contributed by atoms with Crippen LogP contribution in [0.5, 0.6) is 0 Å². The number of aliphatic carboxylic acids is 1. The zero-order valence-corrected chi connectivity index (χ0v) is 14.9. The summed E-state index contributed by atoms with van der Waals surface area (Å²) in [4.78, 5) is 10.4. The van der Waals surface area contributed by atoms with Gasteiger partial charge in [0.25, 0.3) is 0 Å². The van der Waals surface area contributed by atoms with E-state index in [1.807, 2.05) is 24.3 Å². The van der Waals surface area contributed by atoms with Gasteiger partial charge >= 0.3 is 5.97 Å². The van der Waals surface area contributed by atoms with Crippen molar-refractivity contribution in [1.29, 1.82) is 0 Å². The topological polar surface area (TPSA) is 77.8 Å². The summed E-state index contributed by atoms with van der Waals surface area (Å²) in [6, 6.07) is 0. The van der Waals surface area contributed by atoms with Crippen LogP contribution in [0.4, 0.5) is 0 Å². The number of allylic oxidation sites excluding steroid dienone is 4. The van der Waals surface area contributed by atoms with E-state index in [0.717, 1.165) is 44.9 Å². The number of carboxylic acids is 1. The van der Waals surface area contributed by atoms with Crippen molar-refractivity contribution in [2.45, 2.75) is 83.3 Å². The van der Waals surface area contributed by atoms with Gasteiger partial charge in [0.1, 0.15) is 0 Å². The van der Waals surface area contributed by atoms with Crippen molar-refractivity contribution in [2.75, 3.05) is 0 Å². The lowest BCUT2D eigenvalue weighted by Gasteiger charge is -2.04. The number of aliphatic hydroxyl groups is 2. The number of carboxylic acid groups (broad SMARTS) is 1. The number of hydrogen-bond donors (Lipinski definition) is 3. The number of hydrogen-bond acceptors (Lipinski definition) is 3. The van der Waals surface area contributed by atoms with E-state index in [9.17, 15) is 15.0 Å². The first-order valence-corrected chi connectivity index (χ1v) is 9.15. The van der Waals surface area contributed by atoms with Crippen LogP contribution in [-0.4, -0.2) is 33.5 Å². The molecule has 0 amide bonds. The highest BCUT2D eigenvalue weighted by Crippen LogP contribution is 2.08. The van der Waals surface area contributed by atoms with Gasteiger partial charge in [0.2, 0.25) is 0 Å². The van der Waals surface area contributed by atoms with Gasteiger partial charge in [-0.25, -0.2) is 0 Å². The molecule has 4 nitrogen and oxygen atoms in total. The molecule has 0 unspecified atom stereocenters. The van der Waals surface area contributed by atoms with Gasteiger partial charge in [0.05, 0.1) is 12.2 Å². The fourth-order valence-corrected chi connectivity index (χ4v) is 2.29. The van der Waals surface area contributed by atoms with Crippen molar-refractivity contribution < 1.29 is 20.1 Å². The number of rotatable bonds is 15. The zero-order chi connectivity index (χ0) is 18.0. The lowest BCUT2D eigenvalue weighted by molar-refractivity contribution is -0.137. The van der Waals surface area contributed by atoms with E-state index in [1.54, 1.807) is 12.2 Å². The molecule has 0 aliphatic carbocycles. The molecule has 0 radical (unpaired) electrons. The largest absolute Gasteiger partial charge is 0.481 e. The van der Waals surface area contributed by atoms with E-state index < -0.39 is 12.1 Å². The average Bonchev–Trinajstić information content (AvgIpc) is 2.54. The Hall–Kier alpha value is -1.39. The minimum Gasteiger partial charge on any atom is -0.481 e. The quantitative estimate of drug-likeness (QED) is 0.306. The lowest BCUT2D eigenvalue weighted by atomic mass is 10.1. The molecule has 0 aliphatic rings. The maximum absolute atomic E-state index is 10.4. The predicted octanol–water partition coefficient (Wildman–Crippen LogP) is 4.38. The van der Waals surface area contributed by atoms with E-state index in [-0.39, 0.29) is 12.5 Å². The Morgan fingerprint density at radius 1 is 0.792 bits per heavy atom. The molecule has 0 heterocycles. The second-order valence-corrected chi connectivity index (χ2v) is 6.13. The second kappa shape index (κ2) is 16.5. The SMILES string of the molecule is CCCCC[C@H](O)/C=C/C=C\C=C\[C@@H](O)CCCCCCC(=O)O. The van der Waals surface area contributed by atoms with E-state index in [4.69, 9.17) is 5.11 Å². The minimum absolute atomic E-state index is 0.230. The first-order valence-electron chi connectivity index (χ1n) is 9.15. The number of carbonyl (C=O) groups is 1. The molecule has 0 aliphatic heterocycles. The molecule has 0 aromatic rings. The summed E-state index contributed by atoms with van der Waals surface area (Å²) in [5, 5.41) is 28.0. The monoisotopic (exact) mass is 338 g/mol. The summed E-state index contributed by atoms with van der Waals surface area (Å²) in [7, 11) is 0. The molecule has 24 heavy (non-hydrogen) atoms. The Balaban J connectivity index is 3.67. The van der Waals surface area contributed by atoms with E-state index in [0.29, 0.717) is 12.8 Å². The van der Waals surface area contributed by atoms with E-state index in [1.165, 1.54) is 0 Å². The summed E-state index contributed by atoms with van der Waals surface area (Å²) in [5.74, 6) is -0.743. The lowest BCUT2D eigenvalue weighted by Crippen LogP contribution is -2.01. The predicted molar refractivity (Wildman–Crippen MR) is 98.9 cm³/mol. The molecule has 3 N–H and O–H groups in total. The van der Waals surface area contributed by atoms with Crippen LogP contribution in [0, 0.1) is 0 Å². The van der Waals surface area contributed by atoms with Crippen LogP contribution in [0.15, 0.2) is 36.5 Å². The first-order chi connectivity index (χ1) is 11.6. The highest BCUT2D eigenvalue weighted by Gasteiger charge is 2.00. The summed E-state index contributed by atoms with van der Waals surface area (Å²) >= 11 is 0. The first kappa shape index (κ1) is 22.6. The van der Waals surface area contributed by atoms with E-state index >= 15 is 0 Å². The van der Waals surface area contributed by atoms with E-state index in [2.05, 4.69) is 6.92 Å². The van der Waals surface area contributed by atoms with Crippen LogP contribution >= 0.6 is 0 Å². The fraction of sp³-hybridized carbons (Fsp3) is 0.650. The Kier molecular flexibility index (Phi) is 15.5. The third-order valence-electron chi connectivity index (χ3n) is 3.74. The van der Waals surface area contributed by atoms with Gasteiger partial charge in [-0.15, -0.1) is 0 Å². The molecule has 0 saturated heterocycles. The van der Waals surface area contributed by atoms with Gasteiger partial charge in [-0.1, -0.05) is 81.9 Å². The van der Waals surface area contributed by atoms with Crippen molar-refractivity contribution in [1.82, 2.24) is 0 Å². The molecule has 0 aromatic carbocycles. The summed E-state index contributed by atoms with van der Waals surface area (Å²) < 4.78 is 0. The molecule has 0 spiro atoms. The van der Waals surface area contributed by atoms with Crippen LogP contribution in [0.2, 0.25) is 0 Å². The van der Waals surface area contributed by atoms with Crippen LogP contribution in [0.3, 0.4) is 0 Å². The van der Waals surface area contributed by atoms with Crippen LogP contribution in [0.1, 0.15) is 71.1 Å². The van der Waals surface area contributed by atoms with Gasteiger partial charge in [-0.05, 0) is 19.3 Å². The van der Waals surface area contributed by atoms with Crippen LogP contribution in [0.25, 0.3) is 0 Å². The highest BCUT2D eigenvalue weighted by atomic mass is 16.4. The van der Waals surface area contributed by atoms with Gasteiger partial charge in [0.15, 0.2) is 0 Å². The molecule has 0 fully saturated rings. The summed E-state index contributed by atoms with van der Waals surface area (Å²) in [6.45, 7) is 2.14. The molecule has 0 rings (SSSR count). The molecule has 0 bridgehead atoms. The van der Waals surface area contributed by atoms with Crippen molar-refractivity contribution in [2.24, 2.45) is 0 Å². The van der Waals surface area contributed by atoms with Crippen LogP contribution in [-0.2, 0) is 4.79 Å². The second-order valence-electron chi connectivity index (χ2n) is 6.13. The smallest absolute Gasteiger partial charge is 0.303 e. The Morgan fingerprint density at radius 3 is 1.79 bits per heavy atom. The van der Waals surface area contributed by atoms with Crippen molar-refractivity contribution in [3.63, 3.8) is 0 Å². The van der Waals surface area contributed by atoms with Crippen molar-refractivity contribution >= 4 is 5.97 Å². The van der Waals surface area contributed by atoms with Gasteiger partial charge in [0, 0.05) is 6.42 Å². The summed E-state index contributed by atoms with van der Waals surface area (Å²) in [6.07, 6.45) is 18.6. The Labute approximate surface area is 146 Å². The molecule has 4 heteroatoms. The Bertz CT molecular complexity index is 385.